The number of piperidine rings is 1. The molecule has 1 N–H and O–H groups in total. The van der Waals surface area contributed by atoms with Crippen molar-refractivity contribution in [1.29, 1.82) is 0 Å². The summed E-state index contributed by atoms with van der Waals surface area (Å²) in [6.07, 6.45) is 3.48. The lowest BCUT2D eigenvalue weighted by atomic mass is 9.91. The summed E-state index contributed by atoms with van der Waals surface area (Å²) in [5.74, 6) is 2.23. The van der Waals surface area contributed by atoms with Gasteiger partial charge in [-0.1, -0.05) is 22.9 Å². The Morgan fingerprint density at radius 2 is 2.29 bits per heavy atom. The highest BCUT2D eigenvalue weighted by Gasteiger charge is 2.34. The summed E-state index contributed by atoms with van der Waals surface area (Å²) < 4.78 is 5.48. The van der Waals surface area contributed by atoms with Gasteiger partial charge in [0.1, 0.15) is 0 Å². The van der Waals surface area contributed by atoms with Crippen molar-refractivity contribution in [3.8, 4) is 0 Å². The van der Waals surface area contributed by atoms with E-state index in [2.05, 4.69) is 53.6 Å². The van der Waals surface area contributed by atoms with E-state index in [1.54, 1.807) is 11.8 Å². The number of nitrogens with one attached hydrogen (secondary N) is 1. The van der Waals surface area contributed by atoms with E-state index in [1.807, 2.05) is 0 Å². The van der Waals surface area contributed by atoms with Gasteiger partial charge in [-0.25, -0.2) is 0 Å². The standard InChI is InChI=1S/C16H21N3OS/c1-12-6-5-7-13(10-12)21-11-14-18-15(20-19-14)16(2)8-3-4-9-17-16/h5-7,10,17H,3-4,8-9,11H2,1-2H3. The molecule has 0 bridgehead atoms. The lowest BCUT2D eigenvalue weighted by Gasteiger charge is -2.31. The Labute approximate surface area is 129 Å². The summed E-state index contributed by atoms with van der Waals surface area (Å²) in [6, 6.07) is 8.47. The van der Waals surface area contributed by atoms with Gasteiger partial charge in [-0.15, -0.1) is 11.8 Å². The maximum Gasteiger partial charge on any atom is 0.246 e. The first-order valence-corrected chi connectivity index (χ1v) is 8.42. The van der Waals surface area contributed by atoms with Crippen LogP contribution in [0.25, 0.3) is 0 Å². The minimum Gasteiger partial charge on any atom is -0.337 e. The van der Waals surface area contributed by atoms with Gasteiger partial charge in [0.05, 0.1) is 11.3 Å². The van der Waals surface area contributed by atoms with E-state index >= 15 is 0 Å². The molecular weight excluding hydrogens is 282 g/mol. The molecule has 1 saturated heterocycles. The van der Waals surface area contributed by atoms with Gasteiger partial charge in [0.25, 0.3) is 0 Å². The highest BCUT2D eigenvalue weighted by atomic mass is 32.2. The van der Waals surface area contributed by atoms with Crippen LogP contribution in [-0.4, -0.2) is 16.7 Å². The first-order valence-electron chi connectivity index (χ1n) is 7.43. The number of aromatic nitrogens is 2. The minimum atomic E-state index is -0.155. The molecule has 1 aromatic heterocycles. The number of thioether (sulfide) groups is 1. The molecule has 5 heteroatoms. The first kappa shape index (κ1) is 14.6. The van der Waals surface area contributed by atoms with E-state index < -0.39 is 0 Å². The Balaban J connectivity index is 1.65. The van der Waals surface area contributed by atoms with Crippen molar-refractivity contribution in [3.63, 3.8) is 0 Å². The summed E-state index contributed by atoms with van der Waals surface area (Å²) in [5, 5.41) is 7.63. The molecule has 2 aromatic rings. The van der Waals surface area contributed by atoms with Crippen molar-refractivity contribution in [3.05, 3.63) is 41.5 Å². The molecule has 0 saturated carbocycles. The largest absolute Gasteiger partial charge is 0.337 e. The Hall–Kier alpha value is -1.33. The SMILES string of the molecule is Cc1cccc(SCc2noc(C3(C)CCCCN3)n2)c1. The molecule has 0 spiro atoms. The van der Waals surface area contributed by atoms with Gasteiger partial charge in [-0.2, -0.15) is 4.98 Å². The molecule has 1 fully saturated rings. The number of hydrogen-bond acceptors (Lipinski definition) is 5. The second-order valence-corrected chi connectivity index (χ2v) is 6.89. The molecule has 0 radical (unpaired) electrons. The quantitative estimate of drug-likeness (QED) is 0.874. The van der Waals surface area contributed by atoms with Crippen LogP contribution in [-0.2, 0) is 11.3 Å². The zero-order valence-corrected chi connectivity index (χ0v) is 13.4. The van der Waals surface area contributed by atoms with Crippen LogP contribution in [0.3, 0.4) is 0 Å². The zero-order valence-electron chi connectivity index (χ0n) is 12.6. The van der Waals surface area contributed by atoms with E-state index in [9.17, 15) is 0 Å². The van der Waals surface area contributed by atoms with Crippen LogP contribution in [0.15, 0.2) is 33.7 Å². The van der Waals surface area contributed by atoms with E-state index in [4.69, 9.17) is 4.52 Å². The maximum atomic E-state index is 5.48. The van der Waals surface area contributed by atoms with Gasteiger partial charge in [-0.3, -0.25) is 0 Å². The van der Waals surface area contributed by atoms with Crippen molar-refractivity contribution in [2.45, 2.75) is 49.3 Å². The van der Waals surface area contributed by atoms with Crippen LogP contribution in [0.2, 0.25) is 0 Å². The average Bonchev–Trinajstić information content (AvgIpc) is 2.96. The fourth-order valence-electron chi connectivity index (χ4n) is 2.63. The topological polar surface area (TPSA) is 51.0 Å². The molecule has 1 unspecified atom stereocenters. The van der Waals surface area contributed by atoms with Crippen molar-refractivity contribution >= 4 is 11.8 Å². The van der Waals surface area contributed by atoms with Crippen LogP contribution in [0.1, 0.15) is 43.5 Å². The normalized spacial score (nSPS) is 22.4. The van der Waals surface area contributed by atoms with Gasteiger partial charge in [0.15, 0.2) is 5.82 Å². The summed E-state index contributed by atoms with van der Waals surface area (Å²) in [4.78, 5) is 5.82. The molecule has 1 aliphatic rings. The molecule has 0 aliphatic carbocycles. The van der Waals surface area contributed by atoms with Crippen molar-refractivity contribution in [2.75, 3.05) is 6.54 Å². The lowest BCUT2D eigenvalue weighted by Crippen LogP contribution is -2.43. The average molecular weight is 303 g/mol. The summed E-state index contributed by atoms with van der Waals surface area (Å²) in [6.45, 7) is 5.27. The highest BCUT2D eigenvalue weighted by Crippen LogP contribution is 2.29. The second-order valence-electron chi connectivity index (χ2n) is 5.84. The molecule has 4 nitrogen and oxygen atoms in total. The Kier molecular flexibility index (Phi) is 4.31. The smallest absolute Gasteiger partial charge is 0.246 e. The number of rotatable bonds is 4. The van der Waals surface area contributed by atoms with Gasteiger partial charge < -0.3 is 9.84 Å². The van der Waals surface area contributed by atoms with Crippen molar-refractivity contribution in [2.24, 2.45) is 0 Å². The zero-order chi connectivity index (χ0) is 14.7. The monoisotopic (exact) mass is 303 g/mol. The summed E-state index contributed by atoms with van der Waals surface area (Å²) >= 11 is 1.74. The van der Waals surface area contributed by atoms with Gasteiger partial charge >= 0.3 is 0 Å². The maximum absolute atomic E-state index is 5.48. The molecular formula is C16H21N3OS. The first-order chi connectivity index (χ1) is 10.2. The number of nitrogens with zero attached hydrogens (tertiary/aromatic N) is 2. The molecule has 0 amide bonds. The number of hydrogen-bond donors (Lipinski definition) is 1. The molecule has 1 aliphatic heterocycles. The van der Waals surface area contributed by atoms with E-state index in [-0.39, 0.29) is 5.54 Å². The third-order valence-corrected chi connectivity index (χ3v) is 4.91. The Morgan fingerprint density at radius 3 is 3.05 bits per heavy atom. The highest BCUT2D eigenvalue weighted by molar-refractivity contribution is 7.98. The Morgan fingerprint density at radius 1 is 1.38 bits per heavy atom. The Bertz CT molecular complexity index is 605. The third-order valence-electron chi connectivity index (χ3n) is 3.92. The van der Waals surface area contributed by atoms with E-state index in [0.717, 1.165) is 30.4 Å². The number of benzene rings is 1. The lowest BCUT2D eigenvalue weighted by molar-refractivity contribution is 0.206. The number of aryl methyl sites for hydroxylation is 1. The predicted molar refractivity (Wildman–Crippen MR) is 84.2 cm³/mol. The fraction of sp³-hybridized carbons (Fsp3) is 0.500. The van der Waals surface area contributed by atoms with E-state index in [1.165, 1.54) is 23.3 Å². The van der Waals surface area contributed by atoms with Crippen LogP contribution in [0.5, 0.6) is 0 Å². The molecule has 1 aromatic carbocycles. The molecule has 1 atom stereocenters. The summed E-state index contributed by atoms with van der Waals surface area (Å²) in [5.41, 5.74) is 1.12. The minimum absolute atomic E-state index is 0.155. The van der Waals surface area contributed by atoms with Crippen molar-refractivity contribution < 1.29 is 4.52 Å². The van der Waals surface area contributed by atoms with Gasteiger partial charge in [-0.05, 0) is 51.8 Å². The van der Waals surface area contributed by atoms with Crippen LogP contribution < -0.4 is 5.32 Å². The van der Waals surface area contributed by atoms with Gasteiger partial charge in [0, 0.05) is 4.90 Å². The second kappa shape index (κ2) is 6.20. The van der Waals surface area contributed by atoms with Crippen molar-refractivity contribution in [1.82, 2.24) is 15.5 Å². The predicted octanol–water partition coefficient (Wildman–Crippen LogP) is 3.66. The molecule has 2 heterocycles. The molecule has 112 valence electrons. The molecule has 21 heavy (non-hydrogen) atoms. The fourth-order valence-corrected chi connectivity index (χ4v) is 3.49. The van der Waals surface area contributed by atoms with E-state index in [0.29, 0.717) is 0 Å². The van der Waals surface area contributed by atoms with Crippen LogP contribution in [0.4, 0.5) is 0 Å². The third kappa shape index (κ3) is 3.47. The summed E-state index contributed by atoms with van der Waals surface area (Å²) in [7, 11) is 0. The molecule has 3 rings (SSSR count). The van der Waals surface area contributed by atoms with Crippen LogP contribution >= 0.6 is 11.8 Å². The van der Waals surface area contributed by atoms with Gasteiger partial charge in [0.2, 0.25) is 5.89 Å². The van der Waals surface area contributed by atoms with Crippen LogP contribution in [0, 0.1) is 6.92 Å².